The number of anilines is 1. The number of carbonyl (C=O) groups is 2. The topological polar surface area (TPSA) is 136 Å². The zero-order valence-corrected chi connectivity index (χ0v) is 8.62. The monoisotopic (exact) mass is 228 g/mol. The molecule has 0 saturated carbocycles. The van der Waals surface area contributed by atoms with Gasteiger partial charge < -0.3 is 10.8 Å². The summed E-state index contributed by atoms with van der Waals surface area (Å²) in [6.07, 6.45) is -0.107. The van der Waals surface area contributed by atoms with E-state index in [1.54, 1.807) is 7.05 Å². The first-order valence-electron chi connectivity index (χ1n) is 4.51. The molecular weight excluding hydrogens is 216 g/mol. The van der Waals surface area contributed by atoms with Crippen molar-refractivity contribution >= 4 is 17.8 Å². The highest BCUT2D eigenvalue weighted by Gasteiger charge is 2.16. The van der Waals surface area contributed by atoms with Crippen LogP contribution in [0, 0.1) is 0 Å². The maximum absolute atomic E-state index is 11.4. The Hall–Kier alpha value is -2.03. The number of carbonyl (C=O) groups excluding carboxylic acids is 1. The van der Waals surface area contributed by atoms with Gasteiger partial charge in [-0.1, -0.05) is 5.10 Å². The molecule has 0 aromatic carbocycles. The van der Waals surface area contributed by atoms with Gasteiger partial charge in [-0.3, -0.25) is 14.9 Å². The van der Waals surface area contributed by atoms with E-state index in [1.165, 1.54) is 4.80 Å². The van der Waals surface area contributed by atoms with Crippen LogP contribution in [0.4, 0.5) is 5.95 Å². The quantitative estimate of drug-likeness (QED) is 0.548. The van der Waals surface area contributed by atoms with Crippen LogP contribution < -0.4 is 11.1 Å². The van der Waals surface area contributed by atoms with E-state index in [4.69, 9.17) is 10.8 Å². The largest absolute Gasteiger partial charge is 0.481 e. The van der Waals surface area contributed by atoms with Crippen LogP contribution in [0.2, 0.25) is 0 Å². The lowest BCUT2D eigenvalue weighted by Gasteiger charge is -2.07. The molecule has 1 aromatic heterocycles. The predicted octanol–water partition coefficient (Wildman–Crippen LogP) is -1.66. The Morgan fingerprint density at radius 2 is 2.31 bits per heavy atom. The summed E-state index contributed by atoms with van der Waals surface area (Å²) in [7, 11) is 1.55. The van der Waals surface area contributed by atoms with E-state index < -0.39 is 17.9 Å². The number of nitrogens with two attached hydrogens (primary N) is 1. The first-order chi connectivity index (χ1) is 7.49. The average molecular weight is 228 g/mol. The number of aliphatic carboxylic acids is 1. The number of aryl methyl sites for hydroxylation is 1. The molecule has 1 amide bonds. The Labute approximate surface area is 90.6 Å². The maximum atomic E-state index is 11.4. The minimum absolute atomic E-state index is 0.0401. The molecule has 88 valence electrons. The van der Waals surface area contributed by atoms with Crippen molar-refractivity contribution in [3.8, 4) is 0 Å². The van der Waals surface area contributed by atoms with E-state index >= 15 is 0 Å². The van der Waals surface area contributed by atoms with E-state index in [9.17, 15) is 9.59 Å². The summed E-state index contributed by atoms with van der Waals surface area (Å²) in [4.78, 5) is 22.8. The molecule has 0 radical (unpaired) electrons. The Morgan fingerprint density at radius 3 is 2.81 bits per heavy atom. The number of aromatic nitrogens is 4. The summed E-state index contributed by atoms with van der Waals surface area (Å²) in [6, 6.07) is -0.903. The van der Waals surface area contributed by atoms with Crippen LogP contribution in [-0.2, 0) is 16.6 Å². The normalized spacial score (nSPS) is 12.1. The van der Waals surface area contributed by atoms with Crippen molar-refractivity contribution in [1.82, 2.24) is 20.2 Å². The van der Waals surface area contributed by atoms with Gasteiger partial charge in [0.25, 0.3) is 5.95 Å². The third kappa shape index (κ3) is 3.61. The number of hydrogen-bond acceptors (Lipinski definition) is 6. The first kappa shape index (κ1) is 12.0. The number of amides is 1. The SMILES string of the molecule is Cn1nnc(NC(=O)C(N)CCC(=O)O)n1. The van der Waals surface area contributed by atoms with Crippen molar-refractivity contribution in [2.75, 3.05) is 5.32 Å². The fraction of sp³-hybridized carbons (Fsp3) is 0.571. The van der Waals surface area contributed by atoms with Gasteiger partial charge in [0.05, 0.1) is 13.1 Å². The van der Waals surface area contributed by atoms with Gasteiger partial charge in [0.1, 0.15) is 0 Å². The van der Waals surface area contributed by atoms with Gasteiger partial charge >= 0.3 is 5.97 Å². The van der Waals surface area contributed by atoms with Crippen LogP contribution in [0.15, 0.2) is 0 Å². The summed E-state index contributed by atoms with van der Waals surface area (Å²) in [5.41, 5.74) is 5.46. The van der Waals surface area contributed by atoms with Crippen LogP contribution >= 0.6 is 0 Å². The molecule has 4 N–H and O–H groups in total. The van der Waals surface area contributed by atoms with Crippen LogP contribution in [0.5, 0.6) is 0 Å². The number of rotatable bonds is 5. The van der Waals surface area contributed by atoms with E-state index in [1.807, 2.05) is 0 Å². The smallest absolute Gasteiger partial charge is 0.303 e. The van der Waals surface area contributed by atoms with E-state index in [2.05, 4.69) is 20.7 Å². The molecule has 0 aliphatic carbocycles. The number of nitrogens with zero attached hydrogens (tertiary/aromatic N) is 4. The minimum Gasteiger partial charge on any atom is -0.481 e. The molecule has 1 unspecified atom stereocenters. The molecule has 1 heterocycles. The summed E-state index contributed by atoms with van der Waals surface area (Å²) < 4.78 is 0. The molecule has 9 nitrogen and oxygen atoms in total. The van der Waals surface area contributed by atoms with Gasteiger partial charge in [-0.15, -0.1) is 5.10 Å². The van der Waals surface area contributed by atoms with E-state index in [-0.39, 0.29) is 18.8 Å². The fourth-order valence-corrected chi connectivity index (χ4v) is 0.947. The van der Waals surface area contributed by atoms with Gasteiger partial charge in [-0.05, 0) is 11.6 Å². The minimum atomic E-state index is -0.999. The van der Waals surface area contributed by atoms with Crippen molar-refractivity contribution < 1.29 is 14.7 Å². The van der Waals surface area contributed by atoms with Gasteiger partial charge in [-0.2, -0.15) is 4.80 Å². The Bertz CT molecular complexity index is 389. The Morgan fingerprint density at radius 1 is 1.62 bits per heavy atom. The first-order valence-corrected chi connectivity index (χ1v) is 4.51. The zero-order chi connectivity index (χ0) is 12.1. The number of tetrazole rings is 1. The maximum Gasteiger partial charge on any atom is 0.303 e. The highest BCUT2D eigenvalue weighted by atomic mass is 16.4. The summed E-state index contributed by atoms with van der Waals surface area (Å²) in [5.74, 6) is -1.49. The molecule has 0 fully saturated rings. The Kier molecular flexibility index (Phi) is 3.89. The van der Waals surface area contributed by atoms with Crippen LogP contribution in [0.3, 0.4) is 0 Å². The molecule has 0 aliphatic rings. The van der Waals surface area contributed by atoms with Crippen molar-refractivity contribution in [3.63, 3.8) is 0 Å². The summed E-state index contributed by atoms with van der Waals surface area (Å²) in [6.45, 7) is 0. The third-order valence-corrected chi connectivity index (χ3v) is 1.75. The highest BCUT2D eigenvalue weighted by Crippen LogP contribution is 1.99. The van der Waals surface area contributed by atoms with Crippen molar-refractivity contribution in [2.45, 2.75) is 18.9 Å². The molecule has 16 heavy (non-hydrogen) atoms. The number of hydrogen-bond donors (Lipinski definition) is 3. The zero-order valence-electron chi connectivity index (χ0n) is 8.62. The third-order valence-electron chi connectivity index (χ3n) is 1.75. The van der Waals surface area contributed by atoms with Crippen molar-refractivity contribution in [3.05, 3.63) is 0 Å². The molecule has 0 spiro atoms. The van der Waals surface area contributed by atoms with E-state index in [0.29, 0.717) is 0 Å². The molecule has 1 rings (SSSR count). The van der Waals surface area contributed by atoms with Crippen molar-refractivity contribution in [1.29, 1.82) is 0 Å². The van der Waals surface area contributed by atoms with Gasteiger partial charge in [-0.25, -0.2) is 0 Å². The Balaban J connectivity index is 2.42. The molecule has 0 bridgehead atoms. The molecule has 0 aliphatic heterocycles. The second-order valence-electron chi connectivity index (χ2n) is 3.13. The number of carboxylic acid groups (broad SMARTS) is 1. The fourth-order valence-electron chi connectivity index (χ4n) is 0.947. The lowest BCUT2D eigenvalue weighted by Crippen LogP contribution is -2.36. The van der Waals surface area contributed by atoms with Gasteiger partial charge in [0.15, 0.2) is 0 Å². The molecule has 1 atom stereocenters. The van der Waals surface area contributed by atoms with Crippen LogP contribution in [0.1, 0.15) is 12.8 Å². The lowest BCUT2D eigenvalue weighted by atomic mass is 10.1. The number of nitrogens with one attached hydrogen (secondary N) is 1. The second-order valence-corrected chi connectivity index (χ2v) is 3.13. The predicted molar refractivity (Wildman–Crippen MR) is 52.3 cm³/mol. The average Bonchev–Trinajstić information content (AvgIpc) is 2.60. The molecule has 9 heteroatoms. The van der Waals surface area contributed by atoms with Gasteiger partial charge in [0.2, 0.25) is 5.91 Å². The van der Waals surface area contributed by atoms with Crippen molar-refractivity contribution in [2.24, 2.45) is 12.8 Å². The lowest BCUT2D eigenvalue weighted by molar-refractivity contribution is -0.137. The van der Waals surface area contributed by atoms with Crippen LogP contribution in [-0.4, -0.2) is 43.2 Å². The summed E-state index contributed by atoms with van der Waals surface area (Å²) in [5, 5.41) is 21.5. The molecular formula is C7H12N6O3. The number of carboxylic acids is 1. The molecule has 0 saturated heterocycles. The van der Waals surface area contributed by atoms with Crippen LogP contribution in [0.25, 0.3) is 0 Å². The summed E-state index contributed by atoms with van der Waals surface area (Å²) >= 11 is 0. The van der Waals surface area contributed by atoms with E-state index in [0.717, 1.165) is 0 Å². The second kappa shape index (κ2) is 5.16. The van der Waals surface area contributed by atoms with Gasteiger partial charge in [0, 0.05) is 6.42 Å². The molecule has 1 aromatic rings. The standard InChI is InChI=1S/C7H12N6O3/c1-13-11-7(10-12-13)9-6(16)4(8)2-3-5(14)15/h4H,2-3,8H2,1H3,(H,14,15)(H,9,11,16). The highest BCUT2D eigenvalue weighted by molar-refractivity contribution is 5.93.